The third kappa shape index (κ3) is 4.09. The molecule has 0 aliphatic carbocycles. The van der Waals surface area contributed by atoms with Crippen LogP contribution in [0.5, 0.6) is 5.75 Å². The fourth-order valence-corrected chi connectivity index (χ4v) is 1.96. The molecule has 0 fully saturated rings. The van der Waals surface area contributed by atoms with Gasteiger partial charge in [0.15, 0.2) is 0 Å². The van der Waals surface area contributed by atoms with Gasteiger partial charge in [-0.1, -0.05) is 29.8 Å². The van der Waals surface area contributed by atoms with Gasteiger partial charge in [-0.2, -0.15) is 0 Å². The Morgan fingerprint density at radius 1 is 1.00 bits per heavy atom. The summed E-state index contributed by atoms with van der Waals surface area (Å²) in [6, 6.07) is 8.52. The lowest BCUT2D eigenvalue weighted by molar-refractivity contribution is -0.274. The van der Waals surface area contributed by atoms with Crippen LogP contribution in [-0.2, 0) is 0 Å². The number of alkyl halides is 3. The minimum atomic E-state index is -4.74. The van der Waals surface area contributed by atoms with Gasteiger partial charge in [0, 0.05) is 0 Å². The molecule has 21 heavy (non-hydrogen) atoms. The van der Waals surface area contributed by atoms with Gasteiger partial charge in [0.25, 0.3) is 0 Å². The van der Waals surface area contributed by atoms with E-state index in [-0.39, 0.29) is 10.8 Å². The molecular formula is C14H10ClF4NO. The largest absolute Gasteiger partial charge is 0.573 e. The Bertz CT molecular complexity index is 628. The molecule has 0 unspecified atom stereocenters. The maximum absolute atomic E-state index is 13.1. The van der Waals surface area contributed by atoms with Crippen LogP contribution in [0.2, 0.25) is 5.02 Å². The highest BCUT2D eigenvalue weighted by Crippen LogP contribution is 2.27. The topological polar surface area (TPSA) is 35.2 Å². The first-order valence-electron chi connectivity index (χ1n) is 5.82. The first kappa shape index (κ1) is 15.6. The molecule has 2 aromatic carbocycles. The Morgan fingerprint density at radius 2 is 1.57 bits per heavy atom. The predicted octanol–water partition coefficient (Wildman–Crippen LogP) is 4.43. The molecule has 0 bridgehead atoms. The van der Waals surface area contributed by atoms with Crippen LogP contribution in [-0.4, -0.2) is 6.36 Å². The Hall–Kier alpha value is -1.79. The third-order valence-electron chi connectivity index (χ3n) is 2.78. The second kappa shape index (κ2) is 5.91. The van der Waals surface area contributed by atoms with Crippen LogP contribution in [0, 0.1) is 5.82 Å². The summed E-state index contributed by atoms with van der Waals surface area (Å²) in [6.45, 7) is 0. The maximum Gasteiger partial charge on any atom is 0.573 e. The lowest BCUT2D eigenvalue weighted by Crippen LogP contribution is -2.17. The van der Waals surface area contributed by atoms with Crippen molar-refractivity contribution in [3.63, 3.8) is 0 Å². The zero-order valence-corrected chi connectivity index (χ0v) is 11.3. The first-order chi connectivity index (χ1) is 9.76. The van der Waals surface area contributed by atoms with Crippen LogP contribution >= 0.6 is 11.6 Å². The minimum absolute atomic E-state index is 0.0695. The maximum atomic E-state index is 13.1. The lowest BCUT2D eigenvalue weighted by Gasteiger charge is -2.14. The molecule has 112 valence electrons. The van der Waals surface area contributed by atoms with Gasteiger partial charge in [-0.25, -0.2) is 4.39 Å². The molecular weight excluding hydrogens is 310 g/mol. The van der Waals surface area contributed by atoms with Gasteiger partial charge in [-0.05, 0) is 35.4 Å². The second-order valence-electron chi connectivity index (χ2n) is 4.27. The molecule has 0 spiro atoms. The van der Waals surface area contributed by atoms with Crippen molar-refractivity contribution < 1.29 is 22.3 Å². The third-order valence-corrected chi connectivity index (χ3v) is 3.07. The molecule has 0 heterocycles. The van der Waals surface area contributed by atoms with Crippen LogP contribution in [0.1, 0.15) is 17.2 Å². The zero-order valence-electron chi connectivity index (χ0n) is 10.5. The molecule has 0 amide bonds. The monoisotopic (exact) mass is 319 g/mol. The number of halogens is 5. The number of nitrogens with two attached hydrogens (primary N) is 1. The minimum Gasteiger partial charge on any atom is -0.406 e. The van der Waals surface area contributed by atoms with Crippen LogP contribution in [0.15, 0.2) is 42.5 Å². The molecule has 0 aromatic heterocycles. The molecule has 2 N–H and O–H groups in total. The summed E-state index contributed by atoms with van der Waals surface area (Å²) >= 11 is 5.67. The van der Waals surface area contributed by atoms with Crippen molar-refractivity contribution >= 4 is 11.6 Å². The number of rotatable bonds is 3. The van der Waals surface area contributed by atoms with Crippen molar-refractivity contribution in [2.45, 2.75) is 12.4 Å². The summed E-state index contributed by atoms with van der Waals surface area (Å²) in [6.07, 6.45) is -4.74. The van der Waals surface area contributed by atoms with Gasteiger partial charge in [-0.3, -0.25) is 0 Å². The number of hydrogen-bond acceptors (Lipinski definition) is 2. The molecule has 0 saturated carbocycles. The van der Waals surface area contributed by atoms with Crippen LogP contribution < -0.4 is 10.5 Å². The van der Waals surface area contributed by atoms with Crippen molar-refractivity contribution in [3.05, 3.63) is 64.4 Å². The van der Waals surface area contributed by atoms with Crippen LogP contribution in [0.4, 0.5) is 17.6 Å². The summed E-state index contributed by atoms with van der Waals surface area (Å²) < 4.78 is 53.0. The van der Waals surface area contributed by atoms with Crippen molar-refractivity contribution in [2.24, 2.45) is 5.73 Å². The van der Waals surface area contributed by atoms with Gasteiger partial charge in [0.05, 0.1) is 11.1 Å². The summed E-state index contributed by atoms with van der Waals surface area (Å²) in [4.78, 5) is 0. The number of benzene rings is 2. The molecule has 0 aliphatic rings. The summed E-state index contributed by atoms with van der Waals surface area (Å²) in [5.41, 5.74) is 7.06. The van der Waals surface area contributed by atoms with Crippen molar-refractivity contribution in [2.75, 3.05) is 0 Å². The van der Waals surface area contributed by atoms with Crippen molar-refractivity contribution in [1.29, 1.82) is 0 Å². The van der Waals surface area contributed by atoms with E-state index in [1.54, 1.807) is 0 Å². The summed E-state index contributed by atoms with van der Waals surface area (Å²) in [7, 11) is 0. The smallest absolute Gasteiger partial charge is 0.406 e. The standard InChI is InChI=1S/C14H10ClF4NO/c15-11-7-9(3-6-12(11)16)13(20)8-1-4-10(5-2-8)21-14(17,18)19/h1-7,13H,20H2/t13-/m0/s1. The Labute approximate surface area is 123 Å². The van der Waals surface area contributed by atoms with Gasteiger partial charge in [0.1, 0.15) is 11.6 Å². The van der Waals surface area contributed by atoms with E-state index in [4.69, 9.17) is 17.3 Å². The number of ether oxygens (including phenoxy) is 1. The van der Waals surface area contributed by atoms with Crippen LogP contribution in [0.3, 0.4) is 0 Å². The normalized spacial score (nSPS) is 13.0. The summed E-state index contributed by atoms with van der Waals surface area (Å²) in [5.74, 6) is -0.905. The van der Waals surface area contributed by atoms with Crippen molar-refractivity contribution in [3.8, 4) is 5.75 Å². The van der Waals surface area contributed by atoms with E-state index in [0.29, 0.717) is 11.1 Å². The van der Waals surface area contributed by atoms with E-state index >= 15 is 0 Å². The fourth-order valence-electron chi connectivity index (χ4n) is 1.78. The zero-order chi connectivity index (χ0) is 15.6. The highest BCUT2D eigenvalue weighted by molar-refractivity contribution is 6.30. The van der Waals surface area contributed by atoms with Gasteiger partial charge < -0.3 is 10.5 Å². The molecule has 2 rings (SSSR count). The molecule has 0 aliphatic heterocycles. The average molecular weight is 320 g/mol. The molecule has 2 nitrogen and oxygen atoms in total. The molecule has 0 saturated heterocycles. The predicted molar refractivity (Wildman–Crippen MR) is 70.6 cm³/mol. The summed E-state index contributed by atoms with van der Waals surface area (Å²) in [5, 5.41) is -0.0695. The molecule has 0 radical (unpaired) electrons. The Kier molecular flexibility index (Phi) is 4.39. The fraction of sp³-hybridized carbons (Fsp3) is 0.143. The molecule has 1 atom stereocenters. The van der Waals surface area contributed by atoms with E-state index in [2.05, 4.69) is 4.74 Å². The Morgan fingerprint density at radius 3 is 2.10 bits per heavy atom. The molecule has 7 heteroatoms. The second-order valence-corrected chi connectivity index (χ2v) is 4.68. The van der Waals surface area contributed by atoms with E-state index in [9.17, 15) is 17.6 Å². The highest BCUT2D eigenvalue weighted by Gasteiger charge is 2.31. The van der Waals surface area contributed by atoms with Gasteiger partial charge in [0.2, 0.25) is 0 Å². The SMILES string of the molecule is N[C@@H](c1ccc(OC(F)(F)F)cc1)c1ccc(F)c(Cl)c1. The Balaban J connectivity index is 2.19. The molecule has 2 aromatic rings. The van der Waals surface area contributed by atoms with E-state index in [1.165, 1.54) is 30.3 Å². The van der Waals surface area contributed by atoms with E-state index in [0.717, 1.165) is 12.1 Å². The highest BCUT2D eigenvalue weighted by atomic mass is 35.5. The quantitative estimate of drug-likeness (QED) is 0.850. The lowest BCUT2D eigenvalue weighted by atomic mass is 9.99. The van der Waals surface area contributed by atoms with Crippen molar-refractivity contribution in [1.82, 2.24) is 0 Å². The van der Waals surface area contributed by atoms with E-state index < -0.39 is 18.2 Å². The van der Waals surface area contributed by atoms with Crippen LogP contribution in [0.25, 0.3) is 0 Å². The first-order valence-corrected chi connectivity index (χ1v) is 6.20. The average Bonchev–Trinajstić information content (AvgIpc) is 2.40. The number of hydrogen-bond donors (Lipinski definition) is 1. The van der Waals surface area contributed by atoms with E-state index in [1.807, 2.05) is 0 Å². The van der Waals surface area contributed by atoms with Gasteiger partial charge in [-0.15, -0.1) is 13.2 Å². The van der Waals surface area contributed by atoms with Gasteiger partial charge >= 0.3 is 6.36 Å².